The summed E-state index contributed by atoms with van der Waals surface area (Å²) in [6, 6.07) is 7.71. The van der Waals surface area contributed by atoms with Gasteiger partial charge >= 0.3 is 0 Å². The molecular weight excluding hydrogens is 216 g/mol. The van der Waals surface area contributed by atoms with Crippen LogP contribution in [0.5, 0.6) is 0 Å². The van der Waals surface area contributed by atoms with Gasteiger partial charge in [-0.2, -0.15) is 5.10 Å². The van der Waals surface area contributed by atoms with E-state index >= 15 is 0 Å². The molecule has 0 unspecified atom stereocenters. The molecule has 1 aromatic heterocycles. The number of nitrogens with one attached hydrogen (secondary N) is 2. The van der Waals surface area contributed by atoms with Crippen molar-refractivity contribution < 1.29 is 4.79 Å². The summed E-state index contributed by atoms with van der Waals surface area (Å²) in [4.78, 5) is 11.7. The summed E-state index contributed by atoms with van der Waals surface area (Å²) < 4.78 is 0. The van der Waals surface area contributed by atoms with E-state index in [0.717, 1.165) is 16.6 Å². The lowest BCUT2D eigenvalue weighted by Crippen LogP contribution is -2.38. The van der Waals surface area contributed by atoms with Gasteiger partial charge < -0.3 is 11.1 Å². The van der Waals surface area contributed by atoms with Crippen LogP contribution >= 0.6 is 0 Å². The monoisotopic (exact) mass is 232 g/mol. The van der Waals surface area contributed by atoms with E-state index in [1.54, 1.807) is 0 Å². The summed E-state index contributed by atoms with van der Waals surface area (Å²) in [7, 11) is 0. The molecule has 90 valence electrons. The number of benzene rings is 1. The van der Waals surface area contributed by atoms with Crippen LogP contribution in [0.3, 0.4) is 0 Å². The zero-order valence-electron chi connectivity index (χ0n) is 9.73. The minimum absolute atomic E-state index is 0.00307. The van der Waals surface area contributed by atoms with E-state index in [2.05, 4.69) is 15.5 Å². The van der Waals surface area contributed by atoms with Crippen LogP contribution in [-0.2, 0) is 11.2 Å². The van der Waals surface area contributed by atoms with Gasteiger partial charge in [-0.25, -0.2) is 0 Å². The number of H-pyrrole nitrogens is 1. The molecule has 0 aliphatic carbocycles. The molecular formula is C12H16N4O. The van der Waals surface area contributed by atoms with Gasteiger partial charge in [-0.05, 0) is 13.0 Å². The quantitative estimate of drug-likeness (QED) is 0.720. The van der Waals surface area contributed by atoms with Crippen LogP contribution in [0.4, 0.5) is 0 Å². The number of nitrogens with two attached hydrogens (primary N) is 1. The highest BCUT2D eigenvalue weighted by molar-refractivity contribution is 5.87. The predicted molar refractivity (Wildman–Crippen MR) is 66.5 cm³/mol. The lowest BCUT2D eigenvalue weighted by atomic mass is 10.1. The van der Waals surface area contributed by atoms with E-state index < -0.39 is 0 Å². The smallest absolute Gasteiger partial charge is 0.226 e. The van der Waals surface area contributed by atoms with Crippen LogP contribution in [0.1, 0.15) is 12.6 Å². The molecule has 2 rings (SSSR count). The second-order valence-corrected chi connectivity index (χ2v) is 4.10. The Labute approximate surface area is 99.4 Å². The van der Waals surface area contributed by atoms with Crippen molar-refractivity contribution in [3.05, 3.63) is 30.0 Å². The van der Waals surface area contributed by atoms with E-state index in [0.29, 0.717) is 13.0 Å². The van der Waals surface area contributed by atoms with Gasteiger partial charge in [0.05, 0.1) is 17.6 Å². The summed E-state index contributed by atoms with van der Waals surface area (Å²) >= 11 is 0. The van der Waals surface area contributed by atoms with Crippen molar-refractivity contribution in [2.24, 2.45) is 5.73 Å². The zero-order chi connectivity index (χ0) is 12.3. The fourth-order valence-corrected chi connectivity index (χ4v) is 1.69. The molecule has 1 heterocycles. The van der Waals surface area contributed by atoms with Gasteiger partial charge in [0.2, 0.25) is 5.91 Å². The molecule has 5 nitrogen and oxygen atoms in total. The maximum absolute atomic E-state index is 11.7. The van der Waals surface area contributed by atoms with Crippen molar-refractivity contribution in [1.29, 1.82) is 0 Å². The van der Waals surface area contributed by atoms with Gasteiger partial charge in [-0.3, -0.25) is 9.89 Å². The molecule has 1 aromatic carbocycles. The van der Waals surface area contributed by atoms with Crippen molar-refractivity contribution in [3.63, 3.8) is 0 Å². The molecule has 4 N–H and O–H groups in total. The highest BCUT2D eigenvalue weighted by Gasteiger charge is 2.10. The maximum Gasteiger partial charge on any atom is 0.226 e. The molecule has 0 saturated carbocycles. The normalized spacial score (nSPS) is 12.6. The third kappa shape index (κ3) is 2.62. The van der Waals surface area contributed by atoms with Crippen molar-refractivity contribution in [2.75, 3.05) is 6.54 Å². The number of carbonyl (C=O) groups excluding carboxylic acids is 1. The van der Waals surface area contributed by atoms with Gasteiger partial charge in [0.1, 0.15) is 0 Å². The number of aromatic nitrogens is 2. The molecule has 17 heavy (non-hydrogen) atoms. The number of aromatic amines is 1. The Morgan fingerprint density at radius 1 is 1.53 bits per heavy atom. The fourth-order valence-electron chi connectivity index (χ4n) is 1.69. The van der Waals surface area contributed by atoms with E-state index in [9.17, 15) is 4.79 Å². The van der Waals surface area contributed by atoms with Gasteiger partial charge in [0.15, 0.2) is 0 Å². The average Bonchev–Trinajstić information content (AvgIpc) is 2.72. The molecule has 0 saturated heterocycles. The number of hydrogen-bond donors (Lipinski definition) is 3. The minimum atomic E-state index is -0.0441. The van der Waals surface area contributed by atoms with Gasteiger partial charge in [-0.1, -0.05) is 18.2 Å². The highest BCUT2D eigenvalue weighted by atomic mass is 16.1. The summed E-state index contributed by atoms with van der Waals surface area (Å²) in [5, 5.41) is 10.8. The number of amides is 1. The van der Waals surface area contributed by atoms with Crippen molar-refractivity contribution in [1.82, 2.24) is 15.5 Å². The zero-order valence-corrected chi connectivity index (χ0v) is 9.73. The van der Waals surface area contributed by atoms with Crippen LogP contribution in [0.25, 0.3) is 10.9 Å². The molecule has 0 radical (unpaired) electrons. The Balaban J connectivity index is 2.11. The molecule has 0 fully saturated rings. The molecule has 0 aliphatic heterocycles. The van der Waals surface area contributed by atoms with Crippen LogP contribution in [0, 0.1) is 0 Å². The van der Waals surface area contributed by atoms with E-state index in [4.69, 9.17) is 5.73 Å². The van der Waals surface area contributed by atoms with Gasteiger partial charge in [-0.15, -0.1) is 0 Å². The molecule has 0 spiro atoms. The highest BCUT2D eigenvalue weighted by Crippen LogP contribution is 2.15. The van der Waals surface area contributed by atoms with Gasteiger partial charge in [0.25, 0.3) is 0 Å². The Morgan fingerprint density at radius 2 is 2.29 bits per heavy atom. The van der Waals surface area contributed by atoms with Crippen molar-refractivity contribution >= 4 is 16.8 Å². The third-order valence-corrected chi connectivity index (χ3v) is 2.64. The van der Waals surface area contributed by atoms with Gasteiger partial charge in [0, 0.05) is 18.0 Å². The van der Waals surface area contributed by atoms with Crippen molar-refractivity contribution in [3.8, 4) is 0 Å². The molecule has 5 heteroatoms. The maximum atomic E-state index is 11.7. The van der Waals surface area contributed by atoms with Crippen molar-refractivity contribution in [2.45, 2.75) is 19.4 Å². The number of carbonyl (C=O) groups is 1. The Morgan fingerprint density at radius 3 is 3.06 bits per heavy atom. The summed E-state index contributed by atoms with van der Waals surface area (Å²) in [6.07, 6.45) is 0.296. The number of fused-ring (bicyclic) bond motifs is 1. The standard InChI is InChI=1S/C12H16N4O/c1-8(7-13)14-12(17)6-11-9-4-2-3-5-10(9)15-16-11/h2-5,8H,6-7,13H2,1H3,(H,14,17)(H,15,16)/t8-/m0/s1. The minimum Gasteiger partial charge on any atom is -0.352 e. The molecule has 1 amide bonds. The predicted octanol–water partition coefficient (Wildman–Crippen LogP) is 0.569. The van der Waals surface area contributed by atoms with Crippen LogP contribution in [0.2, 0.25) is 0 Å². The summed E-state index contributed by atoms with van der Waals surface area (Å²) in [5.74, 6) is -0.0441. The molecule has 0 aliphatic rings. The first-order chi connectivity index (χ1) is 8.20. The largest absolute Gasteiger partial charge is 0.352 e. The lowest BCUT2D eigenvalue weighted by Gasteiger charge is -2.10. The number of nitrogens with zero attached hydrogens (tertiary/aromatic N) is 1. The number of para-hydroxylation sites is 1. The van der Waals surface area contributed by atoms with E-state index in [1.165, 1.54) is 0 Å². The number of rotatable bonds is 4. The number of hydrogen-bond acceptors (Lipinski definition) is 3. The SMILES string of the molecule is C[C@@H](CN)NC(=O)Cc1[nH]nc2ccccc12. The summed E-state index contributed by atoms with van der Waals surface area (Å²) in [6.45, 7) is 2.32. The third-order valence-electron chi connectivity index (χ3n) is 2.64. The van der Waals surface area contributed by atoms with Crippen LogP contribution < -0.4 is 11.1 Å². The second-order valence-electron chi connectivity index (χ2n) is 4.10. The molecule has 2 aromatic rings. The van der Waals surface area contributed by atoms with Crippen LogP contribution in [0.15, 0.2) is 24.3 Å². The topological polar surface area (TPSA) is 83.8 Å². The Bertz CT molecular complexity index is 520. The average molecular weight is 232 g/mol. The molecule has 1 atom stereocenters. The Hall–Kier alpha value is -1.88. The first-order valence-corrected chi connectivity index (χ1v) is 5.62. The second kappa shape index (κ2) is 4.97. The summed E-state index contributed by atoms with van der Waals surface area (Å²) in [5.41, 5.74) is 7.16. The fraction of sp³-hybridized carbons (Fsp3) is 0.333. The van der Waals surface area contributed by atoms with E-state index in [-0.39, 0.29) is 11.9 Å². The Kier molecular flexibility index (Phi) is 3.39. The lowest BCUT2D eigenvalue weighted by molar-refractivity contribution is -0.121. The van der Waals surface area contributed by atoms with Crippen LogP contribution in [-0.4, -0.2) is 28.7 Å². The first-order valence-electron chi connectivity index (χ1n) is 5.62. The first kappa shape index (κ1) is 11.6. The molecule has 0 bridgehead atoms. The van der Waals surface area contributed by atoms with E-state index in [1.807, 2.05) is 31.2 Å².